The van der Waals surface area contributed by atoms with E-state index in [0.717, 1.165) is 16.7 Å². The van der Waals surface area contributed by atoms with Crippen LogP contribution in [-0.2, 0) is 31.1 Å². The Bertz CT molecular complexity index is 1970. The number of hydrogen-bond acceptors (Lipinski definition) is 9. The number of hydrogen-bond donors (Lipinski definition) is 1. The Morgan fingerprint density at radius 3 is 1.98 bits per heavy atom. The van der Waals surface area contributed by atoms with Crippen molar-refractivity contribution < 1.29 is 134 Å². The second-order valence-corrected chi connectivity index (χ2v) is 15.9. The van der Waals surface area contributed by atoms with Crippen LogP contribution in [0.15, 0.2) is 65.9 Å². The molecule has 1 fully saturated rings. The molecule has 0 bridgehead atoms. The Morgan fingerprint density at radius 2 is 1.48 bits per heavy atom. The molecule has 2 heterocycles. The van der Waals surface area contributed by atoms with Gasteiger partial charge in [-0.1, -0.05) is 38.1 Å². The fourth-order valence-electron chi connectivity index (χ4n) is 7.39. The summed E-state index contributed by atoms with van der Waals surface area (Å²) in [6, 6.07) is 8.96. The maximum absolute atomic E-state index is 12.5. The first-order chi connectivity index (χ1) is 20.7. The molecule has 1 saturated heterocycles. The number of allylic oxidation sites excluding steroid dienone is 6. The summed E-state index contributed by atoms with van der Waals surface area (Å²) in [5, 5.41) is 22.0. The first-order valence-electron chi connectivity index (χ1n) is 14.4. The molecular formula is C32H33NNa3O10S2+. The van der Waals surface area contributed by atoms with Crippen molar-refractivity contribution in [2.45, 2.75) is 63.2 Å². The molecule has 5 rings (SSSR count). The van der Waals surface area contributed by atoms with E-state index >= 15 is 0 Å². The van der Waals surface area contributed by atoms with Crippen molar-refractivity contribution in [1.82, 2.24) is 4.48 Å². The molecule has 0 aromatic heterocycles. The van der Waals surface area contributed by atoms with Gasteiger partial charge >= 0.3 is 88.7 Å². The Kier molecular flexibility index (Phi) is 13.8. The van der Waals surface area contributed by atoms with Crippen LogP contribution < -0.4 is 103 Å². The number of rotatable bonds is 9. The summed E-state index contributed by atoms with van der Waals surface area (Å²) in [5.74, 6) is -3.19. The average molecular weight is 725 g/mol. The van der Waals surface area contributed by atoms with E-state index in [9.17, 15) is 45.7 Å². The van der Waals surface area contributed by atoms with Crippen molar-refractivity contribution in [3.63, 3.8) is 0 Å². The predicted octanol–water partition coefficient (Wildman–Crippen LogP) is -6.85. The number of carbonyl (C=O) groups excluding carboxylic acids is 2. The molecular weight excluding hydrogens is 691 g/mol. The maximum Gasteiger partial charge on any atom is 1.00 e. The minimum Gasteiger partial charge on any atom is -0.743 e. The fraction of sp³-hybridized carbons (Fsp3) is 0.375. The third kappa shape index (κ3) is 7.61. The average Bonchev–Trinajstić information content (AvgIpc) is 3.23. The molecule has 0 saturated carbocycles. The zero-order valence-electron chi connectivity index (χ0n) is 28.2. The number of carboxylic acid groups (broad SMARTS) is 2. The molecule has 48 heavy (non-hydrogen) atoms. The van der Waals surface area contributed by atoms with Gasteiger partial charge in [-0.3, -0.25) is 4.55 Å². The molecule has 3 aliphatic rings. The summed E-state index contributed by atoms with van der Waals surface area (Å²) in [6.07, 6.45) is 5.77. The standard InChI is InChI=1S/C32H35NO10S2.3Na/c1-31(2)23(21(7-6-16-44(38,39)40)22-12-10-19(29(34)35)17-24(22)31)8-5-9-27-32(3,4)25-18-20(30(36)37)11-13-26(25)33(27)15-14-28(33)45(41,42)43;;;/h5,8-13,17-18,28H,6-7,14-16H2,1-4H3,(H3-,34,35,36,37,38,39,40,41,42,43);;;/q;3*+1/p-2/b8-5?,27-9+;;;. The number of carbonyl (C=O) groups is 2. The first-order valence-corrected chi connectivity index (χ1v) is 17.4. The van der Waals surface area contributed by atoms with Crippen molar-refractivity contribution >= 4 is 43.4 Å². The number of quaternary nitrogens is 1. The Balaban J connectivity index is 0.00000267. The summed E-state index contributed by atoms with van der Waals surface area (Å²) in [5.41, 5.74) is 2.96. The van der Waals surface area contributed by atoms with Crippen LogP contribution in [-0.4, -0.2) is 55.6 Å². The van der Waals surface area contributed by atoms with E-state index in [0.29, 0.717) is 29.1 Å². The van der Waals surface area contributed by atoms with E-state index < -0.39 is 54.1 Å². The third-order valence-electron chi connectivity index (χ3n) is 9.56. The van der Waals surface area contributed by atoms with Gasteiger partial charge in [0.25, 0.3) is 10.1 Å². The summed E-state index contributed by atoms with van der Waals surface area (Å²) in [7, 11) is -8.96. The molecule has 1 aliphatic carbocycles. The van der Waals surface area contributed by atoms with E-state index in [-0.39, 0.29) is 124 Å². The molecule has 2 aromatic rings. The monoisotopic (exact) mass is 724 g/mol. The number of carboxylic acids is 2. The zero-order valence-corrected chi connectivity index (χ0v) is 35.8. The van der Waals surface area contributed by atoms with Gasteiger partial charge in [0.05, 0.1) is 36.1 Å². The van der Waals surface area contributed by atoms with Crippen LogP contribution in [0.2, 0.25) is 0 Å². The van der Waals surface area contributed by atoms with Crippen LogP contribution in [0, 0.1) is 0 Å². The van der Waals surface area contributed by atoms with Crippen LogP contribution in [0.1, 0.15) is 84.4 Å². The first kappa shape index (κ1) is 43.5. The number of aromatic carboxylic acids is 2. The van der Waals surface area contributed by atoms with Gasteiger partial charge in [-0.15, -0.1) is 0 Å². The topological polar surface area (TPSA) is 192 Å². The normalized spacial score (nSPS) is 22.7. The van der Waals surface area contributed by atoms with Crippen LogP contribution in [0.3, 0.4) is 0 Å². The fourth-order valence-corrected chi connectivity index (χ4v) is 9.07. The van der Waals surface area contributed by atoms with E-state index in [2.05, 4.69) is 0 Å². The zero-order chi connectivity index (χ0) is 33.3. The van der Waals surface area contributed by atoms with E-state index in [4.69, 9.17) is 0 Å². The van der Waals surface area contributed by atoms with Gasteiger partial charge in [0.1, 0.15) is 11.4 Å². The molecule has 2 unspecified atom stereocenters. The van der Waals surface area contributed by atoms with Crippen LogP contribution in [0.4, 0.5) is 5.69 Å². The van der Waals surface area contributed by atoms with Gasteiger partial charge in [0.15, 0.2) is 15.5 Å². The van der Waals surface area contributed by atoms with Gasteiger partial charge in [-0.25, -0.2) is 12.9 Å². The molecule has 2 aliphatic heterocycles. The largest absolute Gasteiger partial charge is 1.00 e. The van der Waals surface area contributed by atoms with E-state index in [1.807, 2.05) is 27.7 Å². The van der Waals surface area contributed by atoms with Crippen LogP contribution >= 0.6 is 0 Å². The quantitative estimate of drug-likeness (QED) is 0.148. The Morgan fingerprint density at radius 1 is 0.917 bits per heavy atom. The SMILES string of the molecule is CC1(C)C(C=C/C=C2\C(C)(C)c3cc(C(=O)[O-])ccc3[N+]23CCC3S(=O)(=O)[O-])=C(CCCS(=O)(=O)O)c2ccc(C(=O)[O-])cc21.[Na+].[Na+].[Na+]. The number of benzene rings is 2. The van der Waals surface area contributed by atoms with Gasteiger partial charge < -0.3 is 24.4 Å². The van der Waals surface area contributed by atoms with Crippen molar-refractivity contribution in [2.75, 3.05) is 12.3 Å². The Hall–Kier alpha value is -0.620. The van der Waals surface area contributed by atoms with Gasteiger partial charge in [-0.05, 0) is 84.4 Å². The predicted molar refractivity (Wildman–Crippen MR) is 162 cm³/mol. The van der Waals surface area contributed by atoms with Gasteiger partial charge in [0, 0.05) is 17.0 Å². The summed E-state index contributed by atoms with van der Waals surface area (Å²) in [4.78, 5) is 23.3. The molecule has 16 heteroatoms. The summed E-state index contributed by atoms with van der Waals surface area (Å²) >= 11 is 0. The summed E-state index contributed by atoms with van der Waals surface area (Å²) < 4.78 is 69.3. The molecule has 2 atom stereocenters. The van der Waals surface area contributed by atoms with E-state index in [1.54, 1.807) is 30.4 Å². The molecule has 1 N–H and O–H groups in total. The number of fused-ring (bicyclic) bond motifs is 3. The molecule has 0 radical (unpaired) electrons. The third-order valence-corrected chi connectivity index (χ3v) is 11.6. The van der Waals surface area contributed by atoms with Crippen molar-refractivity contribution in [1.29, 1.82) is 0 Å². The van der Waals surface area contributed by atoms with Gasteiger partial charge in [-0.2, -0.15) is 8.42 Å². The van der Waals surface area contributed by atoms with Crippen molar-refractivity contribution in [3.8, 4) is 0 Å². The molecule has 240 valence electrons. The second kappa shape index (κ2) is 15.2. The van der Waals surface area contributed by atoms with Crippen molar-refractivity contribution in [3.05, 3.63) is 93.7 Å². The maximum atomic E-state index is 12.5. The minimum atomic E-state index is -4.75. The van der Waals surface area contributed by atoms with Crippen LogP contribution in [0.25, 0.3) is 5.57 Å². The summed E-state index contributed by atoms with van der Waals surface area (Å²) in [6.45, 7) is 7.78. The smallest absolute Gasteiger partial charge is 0.743 e. The number of nitrogens with zero attached hydrogens (tertiary/aromatic N) is 1. The molecule has 1 spiro atoms. The van der Waals surface area contributed by atoms with Gasteiger partial charge in [0.2, 0.25) is 0 Å². The van der Waals surface area contributed by atoms with Crippen LogP contribution in [0.5, 0.6) is 0 Å². The van der Waals surface area contributed by atoms with E-state index in [1.165, 1.54) is 24.3 Å². The van der Waals surface area contributed by atoms with Crippen molar-refractivity contribution in [2.24, 2.45) is 0 Å². The molecule has 2 aromatic carbocycles. The molecule has 11 nitrogen and oxygen atoms in total. The minimum absolute atomic E-state index is 0. The molecule has 0 amide bonds. The second-order valence-electron chi connectivity index (χ2n) is 12.8. The Labute approximate surface area is 347 Å².